The van der Waals surface area contributed by atoms with Crippen LogP contribution in [0.25, 0.3) is 0 Å². The van der Waals surface area contributed by atoms with Gasteiger partial charge in [-0.2, -0.15) is 0 Å². The molecule has 0 bridgehead atoms. The Kier molecular flexibility index (Phi) is 6.72. The monoisotopic (exact) mass is 374 g/mol. The third kappa shape index (κ3) is 4.80. The normalized spacial score (nSPS) is 27.3. The molecule has 1 heterocycles. The van der Waals surface area contributed by atoms with Gasteiger partial charge < -0.3 is 20.1 Å². The zero-order chi connectivity index (χ0) is 19.2. The van der Waals surface area contributed by atoms with Crippen molar-refractivity contribution in [3.05, 3.63) is 29.8 Å². The van der Waals surface area contributed by atoms with E-state index < -0.39 is 0 Å². The first-order valence-corrected chi connectivity index (χ1v) is 10.0. The number of rotatable bonds is 6. The van der Waals surface area contributed by atoms with Crippen LogP contribution in [0, 0.1) is 11.8 Å². The molecule has 27 heavy (non-hydrogen) atoms. The molecule has 1 aliphatic carbocycles. The second-order valence-corrected chi connectivity index (χ2v) is 7.39. The number of carbonyl (C=O) groups excluding carboxylic acids is 2. The number of para-hydroxylation sites is 1. The van der Waals surface area contributed by atoms with Gasteiger partial charge in [0.1, 0.15) is 6.04 Å². The maximum atomic E-state index is 12.2. The summed E-state index contributed by atoms with van der Waals surface area (Å²) in [5.41, 5.74) is 1.41. The van der Waals surface area contributed by atoms with E-state index in [9.17, 15) is 9.59 Å². The third-order valence-electron chi connectivity index (χ3n) is 5.66. The minimum absolute atomic E-state index is 0.140. The number of benzene rings is 1. The van der Waals surface area contributed by atoms with E-state index in [1.165, 1.54) is 0 Å². The first-order valence-electron chi connectivity index (χ1n) is 10.0. The number of anilines is 1. The summed E-state index contributed by atoms with van der Waals surface area (Å²) >= 11 is 0. The molecule has 4 unspecified atom stereocenters. The Morgan fingerprint density at radius 3 is 2.63 bits per heavy atom. The Hall–Kier alpha value is -2.08. The molecular formula is C21H30N2O4. The van der Waals surface area contributed by atoms with Gasteiger partial charge in [-0.3, -0.25) is 4.79 Å². The number of ether oxygens (including phenoxy) is 2. The van der Waals surface area contributed by atoms with Gasteiger partial charge in [0.2, 0.25) is 0 Å². The van der Waals surface area contributed by atoms with Crippen LogP contribution in [0.2, 0.25) is 0 Å². The van der Waals surface area contributed by atoms with Gasteiger partial charge in [-0.1, -0.05) is 12.1 Å². The van der Waals surface area contributed by atoms with Crippen LogP contribution < -0.4 is 10.6 Å². The molecule has 1 saturated heterocycles. The van der Waals surface area contributed by atoms with Crippen LogP contribution in [-0.2, 0) is 14.3 Å². The molecule has 1 saturated carbocycles. The maximum Gasteiger partial charge on any atom is 0.340 e. The van der Waals surface area contributed by atoms with E-state index in [4.69, 9.17) is 9.47 Å². The molecule has 0 spiro atoms. The van der Waals surface area contributed by atoms with Crippen LogP contribution in [0.15, 0.2) is 24.3 Å². The average Bonchev–Trinajstić information content (AvgIpc) is 2.68. The summed E-state index contributed by atoms with van der Waals surface area (Å²) in [6.07, 6.45) is 4.00. The van der Waals surface area contributed by atoms with Crippen molar-refractivity contribution in [3.8, 4) is 0 Å². The summed E-state index contributed by atoms with van der Waals surface area (Å²) in [7, 11) is 0. The Bertz CT molecular complexity index is 663. The van der Waals surface area contributed by atoms with Gasteiger partial charge >= 0.3 is 11.9 Å². The van der Waals surface area contributed by atoms with Crippen LogP contribution in [0.5, 0.6) is 0 Å². The molecule has 2 aliphatic rings. The molecule has 2 N–H and O–H groups in total. The number of carbonyl (C=O) groups is 2. The van der Waals surface area contributed by atoms with Crippen molar-refractivity contribution in [1.29, 1.82) is 0 Å². The van der Waals surface area contributed by atoms with Crippen LogP contribution >= 0.6 is 0 Å². The van der Waals surface area contributed by atoms with E-state index in [-0.39, 0.29) is 18.0 Å². The molecule has 1 aliphatic heterocycles. The molecule has 4 atom stereocenters. The smallest absolute Gasteiger partial charge is 0.340 e. The fraction of sp³-hybridized carbons (Fsp3) is 0.619. The fourth-order valence-electron chi connectivity index (χ4n) is 4.33. The number of esters is 2. The molecule has 1 aromatic carbocycles. The lowest BCUT2D eigenvalue weighted by atomic mass is 9.72. The minimum Gasteiger partial charge on any atom is -0.465 e. The lowest BCUT2D eigenvalue weighted by Gasteiger charge is -2.42. The van der Waals surface area contributed by atoms with Crippen LogP contribution in [0.1, 0.15) is 49.9 Å². The van der Waals surface area contributed by atoms with Crippen molar-refractivity contribution in [2.45, 2.75) is 51.6 Å². The highest BCUT2D eigenvalue weighted by Crippen LogP contribution is 2.37. The number of hydrogen-bond donors (Lipinski definition) is 2. The highest BCUT2D eigenvalue weighted by molar-refractivity contribution is 5.95. The lowest BCUT2D eigenvalue weighted by Crippen LogP contribution is -2.51. The molecule has 3 rings (SSSR count). The highest BCUT2D eigenvalue weighted by Gasteiger charge is 2.38. The van der Waals surface area contributed by atoms with Crippen molar-refractivity contribution < 1.29 is 19.1 Å². The van der Waals surface area contributed by atoms with Gasteiger partial charge in [-0.25, -0.2) is 4.79 Å². The predicted molar refractivity (Wildman–Crippen MR) is 104 cm³/mol. The molecular weight excluding hydrogens is 344 g/mol. The van der Waals surface area contributed by atoms with Crippen LogP contribution in [-0.4, -0.2) is 43.8 Å². The Balaban J connectivity index is 1.63. The van der Waals surface area contributed by atoms with E-state index in [2.05, 4.69) is 10.6 Å². The topological polar surface area (TPSA) is 76.7 Å². The van der Waals surface area contributed by atoms with E-state index in [0.717, 1.165) is 37.9 Å². The van der Waals surface area contributed by atoms with Gasteiger partial charge in [-0.05, 0) is 70.0 Å². The molecule has 6 heteroatoms. The zero-order valence-electron chi connectivity index (χ0n) is 16.2. The summed E-state index contributed by atoms with van der Waals surface area (Å²) in [6, 6.07) is 7.61. The SMILES string of the molecule is CCOC(=O)c1ccccc1NC1CCC2CNC(C(=O)OCC)CC2C1. The first-order chi connectivity index (χ1) is 13.1. The highest BCUT2D eigenvalue weighted by atomic mass is 16.5. The van der Waals surface area contributed by atoms with Crippen LogP contribution in [0.3, 0.4) is 0 Å². The Morgan fingerprint density at radius 1 is 1.07 bits per heavy atom. The van der Waals surface area contributed by atoms with Crippen molar-refractivity contribution >= 4 is 17.6 Å². The summed E-state index contributed by atoms with van der Waals surface area (Å²) in [5.74, 6) is 0.660. The average molecular weight is 374 g/mol. The molecule has 148 valence electrons. The molecule has 6 nitrogen and oxygen atoms in total. The van der Waals surface area contributed by atoms with Crippen molar-refractivity contribution in [2.75, 3.05) is 25.1 Å². The second-order valence-electron chi connectivity index (χ2n) is 7.39. The third-order valence-corrected chi connectivity index (χ3v) is 5.66. The Morgan fingerprint density at radius 2 is 1.85 bits per heavy atom. The van der Waals surface area contributed by atoms with E-state index in [1.54, 1.807) is 6.07 Å². The van der Waals surface area contributed by atoms with Crippen molar-refractivity contribution in [2.24, 2.45) is 11.8 Å². The largest absolute Gasteiger partial charge is 0.465 e. The van der Waals surface area contributed by atoms with Gasteiger partial charge in [-0.15, -0.1) is 0 Å². The maximum absolute atomic E-state index is 12.2. The predicted octanol–water partition coefficient (Wildman–Crippen LogP) is 2.99. The molecule has 2 fully saturated rings. The summed E-state index contributed by atoms with van der Waals surface area (Å²) in [6.45, 7) is 5.31. The molecule has 1 aromatic rings. The van der Waals surface area contributed by atoms with Gasteiger partial charge in [0, 0.05) is 11.7 Å². The van der Waals surface area contributed by atoms with Gasteiger partial charge in [0.15, 0.2) is 0 Å². The zero-order valence-corrected chi connectivity index (χ0v) is 16.2. The lowest BCUT2D eigenvalue weighted by molar-refractivity contribution is -0.147. The first kappa shape index (κ1) is 19.7. The van der Waals surface area contributed by atoms with Crippen molar-refractivity contribution in [3.63, 3.8) is 0 Å². The summed E-state index contributed by atoms with van der Waals surface area (Å²) in [5, 5.41) is 6.90. The summed E-state index contributed by atoms with van der Waals surface area (Å²) < 4.78 is 10.3. The molecule has 0 radical (unpaired) electrons. The molecule has 0 amide bonds. The van der Waals surface area contributed by atoms with Gasteiger partial charge in [0.05, 0.1) is 18.8 Å². The van der Waals surface area contributed by atoms with Gasteiger partial charge in [0.25, 0.3) is 0 Å². The quantitative estimate of drug-likeness (QED) is 0.746. The van der Waals surface area contributed by atoms with Crippen LogP contribution in [0.4, 0.5) is 5.69 Å². The number of nitrogens with one attached hydrogen (secondary N) is 2. The molecule has 0 aromatic heterocycles. The standard InChI is InChI=1S/C21H30N2O4/c1-3-26-20(24)17-7-5-6-8-18(17)23-16-10-9-14-13-22-19(12-15(14)11-16)21(25)27-4-2/h5-8,14-16,19,22-23H,3-4,9-13H2,1-2H3. The minimum atomic E-state index is -0.293. The van der Waals surface area contributed by atoms with Crippen molar-refractivity contribution in [1.82, 2.24) is 5.32 Å². The number of piperidine rings is 1. The van der Waals surface area contributed by atoms with E-state index >= 15 is 0 Å². The van der Waals surface area contributed by atoms with E-state index in [0.29, 0.717) is 36.7 Å². The second kappa shape index (κ2) is 9.22. The van der Waals surface area contributed by atoms with E-state index in [1.807, 2.05) is 32.0 Å². The summed E-state index contributed by atoms with van der Waals surface area (Å²) in [4.78, 5) is 24.3. The Labute approximate surface area is 161 Å². The fourth-order valence-corrected chi connectivity index (χ4v) is 4.33. The number of hydrogen-bond acceptors (Lipinski definition) is 6. The number of fused-ring (bicyclic) bond motifs is 1.